The highest BCUT2D eigenvalue weighted by molar-refractivity contribution is 5.97. The fourth-order valence-corrected chi connectivity index (χ4v) is 2.91. The molecule has 0 spiro atoms. The van der Waals surface area contributed by atoms with Crippen molar-refractivity contribution in [3.8, 4) is 5.75 Å². The number of anilines is 1. The molecule has 1 aromatic carbocycles. The van der Waals surface area contributed by atoms with Gasteiger partial charge in [0.1, 0.15) is 11.6 Å². The first-order chi connectivity index (χ1) is 15.1. The Morgan fingerprint density at radius 3 is 2.59 bits per heavy atom. The van der Waals surface area contributed by atoms with Crippen LogP contribution in [0.1, 0.15) is 48.7 Å². The van der Waals surface area contributed by atoms with Crippen LogP contribution < -0.4 is 15.4 Å². The molecule has 3 rings (SSSR count). The van der Waals surface area contributed by atoms with Crippen LogP contribution in [0, 0.1) is 5.92 Å². The minimum Gasteiger partial charge on any atom is -0.449 e. The van der Waals surface area contributed by atoms with Crippen LogP contribution in [0.15, 0.2) is 54.7 Å². The van der Waals surface area contributed by atoms with Gasteiger partial charge in [-0.15, -0.1) is 0 Å². The summed E-state index contributed by atoms with van der Waals surface area (Å²) >= 11 is 0. The van der Waals surface area contributed by atoms with Crippen molar-refractivity contribution < 1.29 is 27.5 Å². The molecular weight excluding hydrogens is 423 g/mol. The lowest BCUT2D eigenvalue weighted by atomic mass is 10.1. The summed E-state index contributed by atoms with van der Waals surface area (Å²) < 4.78 is 45.7. The lowest BCUT2D eigenvalue weighted by molar-refractivity contribution is -0.138. The summed E-state index contributed by atoms with van der Waals surface area (Å²) in [6, 6.07) is 8.29. The molecule has 0 bridgehead atoms. The number of carbonyl (C=O) groups is 2. The third kappa shape index (κ3) is 5.46. The highest BCUT2D eigenvalue weighted by atomic mass is 19.3. The minimum atomic E-state index is -3.41. The molecule has 0 saturated heterocycles. The zero-order valence-electron chi connectivity index (χ0n) is 17.7. The summed E-state index contributed by atoms with van der Waals surface area (Å²) in [6.45, 7) is 6.05. The van der Waals surface area contributed by atoms with Gasteiger partial charge in [-0.05, 0) is 56.5 Å². The largest absolute Gasteiger partial charge is 0.449 e. The molecule has 1 aromatic heterocycles. The number of benzene rings is 1. The number of nitrogens with one attached hydrogen (secondary N) is 2. The molecule has 6 nitrogen and oxygen atoms in total. The molecule has 9 heteroatoms. The van der Waals surface area contributed by atoms with Crippen molar-refractivity contribution >= 4 is 17.6 Å². The van der Waals surface area contributed by atoms with Gasteiger partial charge in [-0.3, -0.25) is 9.59 Å². The maximum absolute atomic E-state index is 14.5. The maximum atomic E-state index is 14.5. The summed E-state index contributed by atoms with van der Waals surface area (Å²) in [5.74, 6) is -3.71. The molecule has 170 valence electrons. The molecule has 2 amide bonds. The number of amides is 2. The summed E-state index contributed by atoms with van der Waals surface area (Å²) in [6.07, 6.45) is -0.305. The number of halogens is 3. The SMILES string of the molecule is C=C(C)C(F)(Oc1cccc(C(C)NC(=O)c2ccnc(NC(=O)C3CC3)c2)c1)C(F)F. The first-order valence-electron chi connectivity index (χ1n) is 10.1. The van der Waals surface area contributed by atoms with Gasteiger partial charge in [-0.2, -0.15) is 4.39 Å². The molecule has 1 saturated carbocycles. The van der Waals surface area contributed by atoms with Crippen LogP contribution in [0.25, 0.3) is 0 Å². The molecule has 0 radical (unpaired) electrons. The highest BCUT2D eigenvalue weighted by Gasteiger charge is 2.44. The Morgan fingerprint density at radius 1 is 1.25 bits per heavy atom. The molecule has 2 aromatic rings. The molecule has 1 aliphatic carbocycles. The van der Waals surface area contributed by atoms with Crippen LogP contribution in [0.3, 0.4) is 0 Å². The van der Waals surface area contributed by atoms with E-state index in [4.69, 9.17) is 4.74 Å². The molecule has 1 aliphatic rings. The molecule has 2 N–H and O–H groups in total. The Kier molecular flexibility index (Phi) is 6.86. The summed E-state index contributed by atoms with van der Waals surface area (Å²) in [5.41, 5.74) is 0.347. The zero-order chi connectivity index (χ0) is 23.5. The number of alkyl halides is 3. The van der Waals surface area contributed by atoms with Crippen molar-refractivity contribution in [3.05, 3.63) is 65.9 Å². The van der Waals surface area contributed by atoms with E-state index in [1.165, 1.54) is 36.5 Å². The standard InChI is InChI=1S/C23H24F3N3O3/c1-13(2)23(26,22(24)25)32-18-6-4-5-16(11-18)14(3)28-21(31)17-9-10-27-19(12-17)29-20(30)15-7-8-15/h4-6,9-12,14-15,22H,1,7-8H2,2-3H3,(H,28,31)(H,27,29,30). The van der Waals surface area contributed by atoms with E-state index in [9.17, 15) is 22.8 Å². The van der Waals surface area contributed by atoms with Gasteiger partial charge in [0.2, 0.25) is 5.91 Å². The maximum Gasteiger partial charge on any atom is 0.330 e. The average molecular weight is 447 g/mol. The van der Waals surface area contributed by atoms with E-state index in [0.717, 1.165) is 19.8 Å². The Morgan fingerprint density at radius 2 is 1.97 bits per heavy atom. The van der Waals surface area contributed by atoms with Gasteiger partial charge in [0.05, 0.1) is 6.04 Å². The number of aromatic nitrogens is 1. The Bertz CT molecular complexity index is 1030. The molecule has 2 unspecified atom stereocenters. The Labute approximate surface area is 183 Å². The van der Waals surface area contributed by atoms with Crippen LogP contribution in [-0.4, -0.2) is 29.1 Å². The van der Waals surface area contributed by atoms with E-state index in [1.807, 2.05) is 0 Å². The fraction of sp³-hybridized carbons (Fsp3) is 0.348. The number of pyridine rings is 1. The quantitative estimate of drug-likeness (QED) is 0.541. The van der Waals surface area contributed by atoms with Crippen LogP contribution in [0.2, 0.25) is 0 Å². The summed E-state index contributed by atoms with van der Waals surface area (Å²) in [4.78, 5) is 28.6. The Hall–Kier alpha value is -3.36. The van der Waals surface area contributed by atoms with Gasteiger partial charge < -0.3 is 15.4 Å². The predicted molar refractivity (Wildman–Crippen MR) is 113 cm³/mol. The van der Waals surface area contributed by atoms with Crippen molar-refractivity contribution in [2.45, 2.75) is 45.0 Å². The number of hydrogen-bond acceptors (Lipinski definition) is 4. The number of nitrogens with zero attached hydrogens (tertiary/aromatic N) is 1. The van der Waals surface area contributed by atoms with Crippen LogP contribution in [0.5, 0.6) is 5.75 Å². The molecular formula is C23H24F3N3O3. The van der Waals surface area contributed by atoms with E-state index < -0.39 is 29.8 Å². The summed E-state index contributed by atoms with van der Waals surface area (Å²) in [5, 5.41) is 5.45. The van der Waals surface area contributed by atoms with Gasteiger partial charge in [-0.25, -0.2) is 13.8 Å². The first kappa shape index (κ1) is 23.3. The lowest BCUT2D eigenvalue weighted by Gasteiger charge is -2.26. The molecule has 2 atom stereocenters. The van der Waals surface area contributed by atoms with Crippen LogP contribution in [-0.2, 0) is 4.79 Å². The second-order valence-electron chi connectivity index (χ2n) is 7.79. The van der Waals surface area contributed by atoms with Gasteiger partial charge in [0.15, 0.2) is 0 Å². The van der Waals surface area contributed by atoms with Crippen molar-refractivity contribution in [2.24, 2.45) is 5.92 Å². The molecule has 1 heterocycles. The normalized spacial score (nSPS) is 16.1. The van der Waals surface area contributed by atoms with Crippen LogP contribution in [0.4, 0.5) is 19.0 Å². The van der Waals surface area contributed by atoms with E-state index >= 15 is 0 Å². The van der Waals surface area contributed by atoms with Crippen LogP contribution >= 0.6 is 0 Å². The predicted octanol–water partition coefficient (Wildman–Crippen LogP) is 4.81. The molecule has 0 aliphatic heterocycles. The molecule has 1 fully saturated rings. The number of carbonyl (C=O) groups excluding carboxylic acids is 2. The second kappa shape index (κ2) is 9.42. The smallest absolute Gasteiger partial charge is 0.330 e. The van der Waals surface area contributed by atoms with Crippen molar-refractivity contribution in [1.82, 2.24) is 10.3 Å². The monoisotopic (exact) mass is 447 g/mol. The third-order valence-corrected chi connectivity index (χ3v) is 5.06. The van der Waals surface area contributed by atoms with Crippen molar-refractivity contribution in [3.63, 3.8) is 0 Å². The lowest BCUT2D eigenvalue weighted by Crippen LogP contribution is -2.39. The number of ether oxygens (including phenoxy) is 1. The molecule has 32 heavy (non-hydrogen) atoms. The number of rotatable bonds is 9. The minimum absolute atomic E-state index is 0.00167. The van der Waals surface area contributed by atoms with Crippen molar-refractivity contribution in [1.29, 1.82) is 0 Å². The van der Waals surface area contributed by atoms with E-state index in [-0.39, 0.29) is 29.0 Å². The average Bonchev–Trinajstić information content (AvgIpc) is 3.59. The number of hydrogen-bond donors (Lipinski definition) is 2. The van der Waals surface area contributed by atoms with Gasteiger partial charge in [0, 0.05) is 23.3 Å². The topological polar surface area (TPSA) is 80.3 Å². The van der Waals surface area contributed by atoms with Gasteiger partial charge in [0.25, 0.3) is 5.91 Å². The van der Waals surface area contributed by atoms with E-state index in [2.05, 4.69) is 22.2 Å². The second-order valence-corrected chi connectivity index (χ2v) is 7.79. The van der Waals surface area contributed by atoms with E-state index in [1.54, 1.807) is 13.0 Å². The third-order valence-electron chi connectivity index (χ3n) is 5.06. The fourth-order valence-electron chi connectivity index (χ4n) is 2.91. The van der Waals surface area contributed by atoms with Gasteiger partial charge >= 0.3 is 12.3 Å². The zero-order valence-corrected chi connectivity index (χ0v) is 17.7. The van der Waals surface area contributed by atoms with Crippen molar-refractivity contribution in [2.75, 3.05) is 5.32 Å². The first-order valence-corrected chi connectivity index (χ1v) is 10.1. The summed E-state index contributed by atoms with van der Waals surface area (Å²) in [7, 11) is 0. The highest BCUT2D eigenvalue weighted by Crippen LogP contribution is 2.33. The Balaban J connectivity index is 1.68. The van der Waals surface area contributed by atoms with Gasteiger partial charge in [-0.1, -0.05) is 18.7 Å². The van der Waals surface area contributed by atoms with E-state index in [0.29, 0.717) is 5.56 Å².